The van der Waals surface area contributed by atoms with Crippen LogP contribution in [0.2, 0.25) is 5.02 Å². The summed E-state index contributed by atoms with van der Waals surface area (Å²) in [5.74, 6) is 1.36. The molecule has 10 heteroatoms. The first-order valence-electron chi connectivity index (χ1n) is 10.2. The maximum atomic E-state index is 13.0. The van der Waals surface area contributed by atoms with Gasteiger partial charge >= 0.3 is 11.2 Å². The third-order valence-corrected chi connectivity index (χ3v) is 6.46. The SMILES string of the molecule is COc1ccc(C=Nn2c(=O)[nH]c3c([nH]c4ccc(Cl)cc43)c2=O)cc1CSc1ccccn1. The number of benzene rings is 2. The van der Waals surface area contributed by atoms with Crippen molar-refractivity contribution in [1.29, 1.82) is 0 Å². The van der Waals surface area contributed by atoms with Crippen LogP contribution in [0.4, 0.5) is 0 Å². The number of nitrogens with zero attached hydrogens (tertiary/aromatic N) is 3. The van der Waals surface area contributed by atoms with Gasteiger partial charge in [-0.2, -0.15) is 5.10 Å². The monoisotopic (exact) mass is 491 g/mol. The van der Waals surface area contributed by atoms with Crippen molar-refractivity contribution in [2.75, 3.05) is 7.11 Å². The third-order valence-electron chi connectivity index (χ3n) is 5.23. The molecule has 0 atom stereocenters. The number of aromatic nitrogens is 4. The Bertz CT molecular complexity index is 1660. The Labute approximate surface area is 202 Å². The van der Waals surface area contributed by atoms with E-state index in [9.17, 15) is 9.59 Å². The highest BCUT2D eigenvalue weighted by Crippen LogP contribution is 2.27. The third kappa shape index (κ3) is 4.23. The fraction of sp³-hybridized carbons (Fsp3) is 0.0833. The van der Waals surface area contributed by atoms with Gasteiger partial charge in [-0.1, -0.05) is 17.7 Å². The van der Waals surface area contributed by atoms with Crippen LogP contribution < -0.4 is 16.0 Å². The van der Waals surface area contributed by atoms with E-state index in [4.69, 9.17) is 16.3 Å². The topological polar surface area (TPSA) is 105 Å². The molecule has 0 amide bonds. The molecule has 0 aliphatic rings. The van der Waals surface area contributed by atoms with Crippen molar-refractivity contribution < 1.29 is 4.74 Å². The molecule has 8 nitrogen and oxygen atoms in total. The molecule has 0 aliphatic heterocycles. The minimum absolute atomic E-state index is 0.246. The second-order valence-corrected chi connectivity index (χ2v) is 8.82. The summed E-state index contributed by atoms with van der Waals surface area (Å²) < 4.78 is 6.27. The maximum Gasteiger partial charge on any atom is 0.350 e. The minimum Gasteiger partial charge on any atom is -0.496 e. The molecule has 0 fully saturated rings. The number of pyridine rings is 1. The van der Waals surface area contributed by atoms with Crippen LogP contribution in [0.1, 0.15) is 11.1 Å². The molecular formula is C24H18ClN5O3S. The molecule has 0 unspecified atom stereocenters. The van der Waals surface area contributed by atoms with Crippen molar-refractivity contribution in [2.24, 2.45) is 5.10 Å². The number of methoxy groups -OCH3 is 1. The summed E-state index contributed by atoms with van der Waals surface area (Å²) in [5.41, 5.74) is 1.79. The van der Waals surface area contributed by atoms with Crippen molar-refractivity contribution in [3.05, 3.63) is 97.8 Å². The number of fused-ring (bicyclic) bond motifs is 3. The summed E-state index contributed by atoms with van der Waals surface area (Å²) in [7, 11) is 1.61. The van der Waals surface area contributed by atoms with Crippen molar-refractivity contribution in [2.45, 2.75) is 10.8 Å². The molecule has 0 saturated carbocycles. The highest BCUT2D eigenvalue weighted by Gasteiger charge is 2.13. The van der Waals surface area contributed by atoms with E-state index in [2.05, 4.69) is 20.1 Å². The van der Waals surface area contributed by atoms with E-state index in [1.807, 2.05) is 30.3 Å². The van der Waals surface area contributed by atoms with Gasteiger partial charge in [-0.15, -0.1) is 16.4 Å². The average Bonchev–Trinajstić information content (AvgIpc) is 3.21. The molecule has 0 spiro atoms. The van der Waals surface area contributed by atoms with Gasteiger partial charge in [0.05, 0.1) is 23.9 Å². The first-order chi connectivity index (χ1) is 16.5. The molecular weight excluding hydrogens is 474 g/mol. The number of halogens is 1. The summed E-state index contributed by atoms with van der Waals surface area (Å²) in [6.07, 6.45) is 3.22. The lowest BCUT2D eigenvalue weighted by molar-refractivity contribution is 0.411. The van der Waals surface area contributed by atoms with Gasteiger partial charge in [-0.05, 0) is 54.1 Å². The zero-order valence-electron chi connectivity index (χ0n) is 17.9. The standard InChI is InChI=1S/C24H18ClN5O3S/c1-33-19-8-5-14(10-15(19)13-34-20-4-2-3-9-26-20)12-27-30-23(31)22-21(29-24(30)32)17-11-16(25)6-7-18(17)28-22/h2-12,28H,13H2,1H3,(H,29,32). The molecule has 0 saturated heterocycles. The number of aromatic amines is 2. The highest BCUT2D eigenvalue weighted by atomic mass is 35.5. The first-order valence-corrected chi connectivity index (χ1v) is 11.6. The van der Waals surface area contributed by atoms with Crippen molar-refractivity contribution in [3.63, 3.8) is 0 Å². The summed E-state index contributed by atoms with van der Waals surface area (Å²) in [4.78, 5) is 35.7. The summed E-state index contributed by atoms with van der Waals surface area (Å²) in [5, 5.41) is 6.23. The van der Waals surface area contributed by atoms with Gasteiger partial charge in [0.1, 0.15) is 11.3 Å². The van der Waals surface area contributed by atoms with Gasteiger partial charge < -0.3 is 14.7 Å². The molecule has 3 aromatic heterocycles. The molecule has 0 radical (unpaired) electrons. The summed E-state index contributed by atoms with van der Waals surface area (Å²) in [6, 6.07) is 16.4. The number of hydrogen-bond donors (Lipinski definition) is 2. The van der Waals surface area contributed by atoms with Gasteiger partial charge in [-0.3, -0.25) is 4.79 Å². The smallest absolute Gasteiger partial charge is 0.350 e. The highest BCUT2D eigenvalue weighted by molar-refractivity contribution is 7.98. The number of hydrogen-bond acceptors (Lipinski definition) is 6. The van der Waals surface area contributed by atoms with E-state index in [0.29, 0.717) is 32.8 Å². The van der Waals surface area contributed by atoms with Crippen LogP contribution in [0.15, 0.2) is 80.5 Å². The van der Waals surface area contributed by atoms with Crippen LogP contribution in [0, 0.1) is 0 Å². The van der Waals surface area contributed by atoms with Crippen LogP contribution in [0.5, 0.6) is 5.75 Å². The van der Waals surface area contributed by atoms with Crippen LogP contribution >= 0.6 is 23.4 Å². The first kappa shape index (κ1) is 22.0. The maximum absolute atomic E-state index is 13.0. The summed E-state index contributed by atoms with van der Waals surface area (Å²) >= 11 is 7.65. The molecule has 0 aliphatic carbocycles. The Morgan fingerprint density at radius 3 is 2.79 bits per heavy atom. The molecule has 34 heavy (non-hydrogen) atoms. The van der Waals surface area contributed by atoms with Crippen LogP contribution in [0.25, 0.3) is 21.9 Å². The zero-order valence-corrected chi connectivity index (χ0v) is 19.5. The zero-order chi connectivity index (χ0) is 23.7. The van der Waals surface area contributed by atoms with E-state index in [0.717, 1.165) is 21.0 Å². The number of H-pyrrole nitrogens is 2. The lowest BCUT2D eigenvalue weighted by atomic mass is 10.1. The number of rotatable bonds is 6. The van der Waals surface area contributed by atoms with E-state index in [1.165, 1.54) is 6.21 Å². The number of thioether (sulfide) groups is 1. The normalized spacial score (nSPS) is 11.6. The average molecular weight is 492 g/mol. The van der Waals surface area contributed by atoms with Gasteiger partial charge in [-0.25, -0.2) is 9.78 Å². The van der Waals surface area contributed by atoms with Gasteiger partial charge in [0.25, 0.3) is 0 Å². The van der Waals surface area contributed by atoms with E-state index in [-0.39, 0.29) is 5.52 Å². The predicted molar refractivity (Wildman–Crippen MR) is 135 cm³/mol. The largest absolute Gasteiger partial charge is 0.496 e. The van der Waals surface area contributed by atoms with Gasteiger partial charge in [0.2, 0.25) is 0 Å². The molecule has 3 heterocycles. The molecule has 170 valence electrons. The van der Waals surface area contributed by atoms with E-state index in [1.54, 1.807) is 49.3 Å². The van der Waals surface area contributed by atoms with Crippen LogP contribution in [-0.4, -0.2) is 33.0 Å². The number of nitrogens with one attached hydrogen (secondary N) is 2. The second kappa shape index (κ2) is 9.20. The Morgan fingerprint density at radius 1 is 1.12 bits per heavy atom. The molecule has 0 bridgehead atoms. The molecule has 5 rings (SSSR count). The number of ether oxygens (including phenoxy) is 1. The van der Waals surface area contributed by atoms with Crippen molar-refractivity contribution in [3.8, 4) is 5.75 Å². The molecule has 2 N–H and O–H groups in total. The van der Waals surface area contributed by atoms with Crippen LogP contribution in [0.3, 0.4) is 0 Å². The molecule has 5 aromatic rings. The Kier molecular flexibility index (Phi) is 5.95. The van der Waals surface area contributed by atoms with E-state index >= 15 is 0 Å². The molecule has 2 aromatic carbocycles. The fourth-order valence-electron chi connectivity index (χ4n) is 3.62. The van der Waals surface area contributed by atoms with Crippen molar-refractivity contribution in [1.82, 2.24) is 19.6 Å². The Morgan fingerprint density at radius 2 is 2.00 bits per heavy atom. The van der Waals surface area contributed by atoms with Crippen LogP contribution in [-0.2, 0) is 5.75 Å². The Hall–Kier alpha value is -3.82. The van der Waals surface area contributed by atoms with Gasteiger partial charge in [0, 0.05) is 33.4 Å². The van der Waals surface area contributed by atoms with Crippen molar-refractivity contribution >= 4 is 51.5 Å². The minimum atomic E-state index is -0.644. The summed E-state index contributed by atoms with van der Waals surface area (Å²) in [6.45, 7) is 0. The van der Waals surface area contributed by atoms with Gasteiger partial charge in [0.15, 0.2) is 0 Å². The lowest BCUT2D eigenvalue weighted by Crippen LogP contribution is -2.32. The lowest BCUT2D eigenvalue weighted by Gasteiger charge is -2.09. The fourth-order valence-corrected chi connectivity index (χ4v) is 4.63. The Balaban J connectivity index is 1.49. The van der Waals surface area contributed by atoms with E-state index < -0.39 is 11.2 Å². The quantitative estimate of drug-likeness (QED) is 0.270. The second-order valence-electron chi connectivity index (χ2n) is 7.38. The predicted octanol–water partition coefficient (Wildman–Crippen LogP) is 4.40.